The minimum absolute atomic E-state index is 0.201. The minimum Gasteiger partial charge on any atom is -0.350 e. The molecule has 1 unspecified atom stereocenters. The average Bonchev–Trinajstić information content (AvgIpc) is 2.75. The standard InChI is InChI=1S/C22H21ClF2N4O/c23-20-7-6-15(13-27-20)19(29-11-8-22(24,25)9-12-29)14-28-21(30)17-3-1-5-18-16(17)4-2-10-26-18/h1-7,10,13,19H,8-9,11-12,14H2,(H,28,30). The summed E-state index contributed by atoms with van der Waals surface area (Å²) in [5.41, 5.74) is 2.09. The number of likely N-dealkylation sites (tertiary alicyclic amines) is 1. The van der Waals surface area contributed by atoms with Crippen LogP contribution in [0.15, 0.2) is 54.9 Å². The van der Waals surface area contributed by atoms with Crippen molar-refractivity contribution in [2.75, 3.05) is 19.6 Å². The van der Waals surface area contributed by atoms with Gasteiger partial charge in [0.1, 0.15) is 5.15 Å². The van der Waals surface area contributed by atoms with Gasteiger partial charge in [-0.25, -0.2) is 13.8 Å². The van der Waals surface area contributed by atoms with Crippen molar-refractivity contribution in [3.63, 3.8) is 0 Å². The van der Waals surface area contributed by atoms with Crippen LogP contribution in [0.3, 0.4) is 0 Å². The molecule has 30 heavy (non-hydrogen) atoms. The summed E-state index contributed by atoms with van der Waals surface area (Å²) in [5.74, 6) is -2.87. The zero-order chi connectivity index (χ0) is 21.1. The second-order valence-electron chi connectivity index (χ2n) is 7.41. The summed E-state index contributed by atoms with van der Waals surface area (Å²) in [5, 5.41) is 4.09. The lowest BCUT2D eigenvalue weighted by molar-refractivity contribution is -0.0632. The third kappa shape index (κ3) is 4.57. The van der Waals surface area contributed by atoms with E-state index >= 15 is 0 Å². The number of hydrogen-bond donors (Lipinski definition) is 1. The summed E-state index contributed by atoms with van der Waals surface area (Å²) in [4.78, 5) is 23.3. The van der Waals surface area contributed by atoms with Crippen LogP contribution in [0.5, 0.6) is 0 Å². The summed E-state index contributed by atoms with van der Waals surface area (Å²) < 4.78 is 27.3. The molecular weight excluding hydrogens is 410 g/mol. The zero-order valence-electron chi connectivity index (χ0n) is 16.2. The van der Waals surface area contributed by atoms with Gasteiger partial charge in [0.25, 0.3) is 11.8 Å². The average molecular weight is 431 g/mol. The zero-order valence-corrected chi connectivity index (χ0v) is 16.9. The number of nitrogens with zero attached hydrogens (tertiary/aromatic N) is 3. The molecule has 1 aliphatic heterocycles. The highest BCUT2D eigenvalue weighted by Gasteiger charge is 2.36. The number of alkyl halides is 2. The van der Waals surface area contributed by atoms with Crippen LogP contribution in [0, 0.1) is 0 Å². The Morgan fingerprint density at radius 3 is 2.67 bits per heavy atom. The first-order valence-corrected chi connectivity index (χ1v) is 10.2. The second kappa shape index (κ2) is 8.62. The molecule has 0 aliphatic carbocycles. The second-order valence-corrected chi connectivity index (χ2v) is 7.79. The molecule has 1 N–H and O–H groups in total. The molecule has 0 bridgehead atoms. The number of piperidine rings is 1. The maximum absolute atomic E-state index is 13.6. The number of rotatable bonds is 5. The molecule has 8 heteroatoms. The van der Waals surface area contributed by atoms with Crippen molar-refractivity contribution in [1.82, 2.24) is 20.2 Å². The van der Waals surface area contributed by atoms with Gasteiger partial charge < -0.3 is 5.32 Å². The lowest BCUT2D eigenvalue weighted by Gasteiger charge is -2.37. The lowest BCUT2D eigenvalue weighted by Crippen LogP contribution is -2.45. The summed E-state index contributed by atoms with van der Waals surface area (Å²) in [6.45, 7) is 0.757. The Kier molecular flexibility index (Phi) is 5.92. The maximum atomic E-state index is 13.6. The van der Waals surface area contributed by atoms with E-state index in [0.29, 0.717) is 10.7 Å². The van der Waals surface area contributed by atoms with Crippen molar-refractivity contribution in [1.29, 1.82) is 0 Å². The van der Waals surface area contributed by atoms with Crippen LogP contribution in [0.2, 0.25) is 5.15 Å². The number of amides is 1. The summed E-state index contributed by atoms with van der Waals surface area (Å²) >= 11 is 5.90. The summed E-state index contributed by atoms with van der Waals surface area (Å²) in [6.07, 6.45) is 2.91. The Morgan fingerprint density at radius 1 is 1.13 bits per heavy atom. The topological polar surface area (TPSA) is 58.1 Å². The predicted octanol–water partition coefficient (Wildman–Crippen LogP) is 4.49. The van der Waals surface area contributed by atoms with Gasteiger partial charge in [0.15, 0.2) is 0 Å². The Labute approximate surface area is 178 Å². The molecular formula is C22H21ClF2N4O. The molecule has 2 aromatic heterocycles. The van der Waals surface area contributed by atoms with Gasteiger partial charge in [-0.15, -0.1) is 0 Å². The van der Waals surface area contributed by atoms with Crippen LogP contribution in [0.4, 0.5) is 8.78 Å². The van der Waals surface area contributed by atoms with E-state index in [2.05, 4.69) is 15.3 Å². The van der Waals surface area contributed by atoms with Crippen LogP contribution in [-0.2, 0) is 0 Å². The van der Waals surface area contributed by atoms with Crippen molar-refractivity contribution in [2.45, 2.75) is 24.8 Å². The predicted molar refractivity (Wildman–Crippen MR) is 112 cm³/mol. The monoisotopic (exact) mass is 430 g/mol. The normalized spacial score (nSPS) is 17.6. The number of nitrogens with one attached hydrogen (secondary N) is 1. The van der Waals surface area contributed by atoms with E-state index in [4.69, 9.17) is 11.6 Å². The van der Waals surface area contributed by atoms with Gasteiger partial charge in [-0.05, 0) is 29.8 Å². The fraction of sp³-hybridized carbons (Fsp3) is 0.318. The van der Waals surface area contributed by atoms with Gasteiger partial charge in [-0.2, -0.15) is 0 Å². The highest BCUT2D eigenvalue weighted by molar-refractivity contribution is 6.29. The number of carbonyl (C=O) groups excluding carboxylic acids is 1. The molecule has 1 amide bonds. The van der Waals surface area contributed by atoms with Crippen LogP contribution in [-0.4, -0.2) is 46.3 Å². The van der Waals surface area contributed by atoms with Gasteiger partial charge in [-0.1, -0.05) is 29.8 Å². The number of benzene rings is 1. The van der Waals surface area contributed by atoms with E-state index in [9.17, 15) is 13.6 Å². The molecule has 0 spiro atoms. The number of pyridine rings is 2. The Balaban J connectivity index is 1.54. The first-order chi connectivity index (χ1) is 14.4. The van der Waals surface area contributed by atoms with E-state index in [0.717, 1.165) is 16.5 Å². The first-order valence-electron chi connectivity index (χ1n) is 9.78. The van der Waals surface area contributed by atoms with Crippen LogP contribution < -0.4 is 5.32 Å². The molecule has 4 rings (SSSR count). The van der Waals surface area contributed by atoms with E-state index in [1.807, 2.05) is 23.1 Å². The largest absolute Gasteiger partial charge is 0.350 e. The molecule has 5 nitrogen and oxygen atoms in total. The minimum atomic E-state index is -2.64. The van der Waals surface area contributed by atoms with E-state index in [1.165, 1.54) is 0 Å². The Bertz CT molecular complexity index is 1030. The van der Waals surface area contributed by atoms with Crippen LogP contribution in [0.1, 0.15) is 34.8 Å². The van der Waals surface area contributed by atoms with E-state index in [-0.39, 0.29) is 44.4 Å². The van der Waals surface area contributed by atoms with Crippen molar-refractivity contribution >= 4 is 28.4 Å². The highest BCUT2D eigenvalue weighted by Crippen LogP contribution is 2.32. The van der Waals surface area contributed by atoms with Crippen molar-refractivity contribution < 1.29 is 13.6 Å². The van der Waals surface area contributed by atoms with Gasteiger partial charge in [0.2, 0.25) is 0 Å². The number of halogens is 3. The number of fused-ring (bicyclic) bond motifs is 1. The molecule has 3 heterocycles. The Morgan fingerprint density at radius 2 is 1.93 bits per heavy atom. The molecule has 1 fully saturated rings. The van der Waals surface area contributed by atoms with Gasteiger partial charge in [-0.3, -0.25) is 14.7 Å². The molecule has 1 aliphatic rings. The van der Waals surface area contributed by atoms with Crippen molar-refractivity contribution in [3.8, 4) is 0 Å². The van der Waals surface area contributed by atoms with Crippen LogP contribution in [0.25, 0.3) is 10.9 Å². The lowest BCUT2D eigenvalue weighted by atomic mass is 10.0. The summed E-state index contributed by atoms with van der Waals surface area (Å²) in [7, 11) is 0. The quantitative estimate of drug-likeness (QED) is 0.606. The molecule has 1 atom stereocenters. The highest BCUT2D eigenvalue weighted by atomic mass is 35.5. The molecule has 156 valence electrons. The Hall–Kier alpha value is -2.64. The third-order valence-electron chi connectivity index (χ3n) is 5.45. The molecule has 0 radical (unpaired) electrons. The smallest absolute Gasteiger partial charge is 0.252 e. The van der Waals surface area contributed by atoms with E-state index < -0.39 is 5.92 Å². The van der Waals surface area contributed by atoms with Crippen molar-refractivity contribution in [2.24, 2.45) is 0 Å². The van der Waals surface area contributed by atoms with Gasteiger partial charge in [0, 0.05) is 55.8 Å². The van der Waals surface area contributed by atoms with Gasteiger partial charge >= 0.3 is 0 Å². The van der Waals surface area contributed by atoms with Gasteiger partial charge in [0.05, 0.1) is 11.6 Å². The fourth-order valence-corrected chi connectivity index (χ4v) is 3.90. The number of aromatic nitrogens is 2. The summed E-state index contributed by atoms with van der Waals surface area (Å²) in [6, 6.07) is 12.2. The van der Waals surface area contributed by atoms with Crippen LogP contribution >= 0.6 is 11.6 Å². The number of carbonyl (C=O) groups is 1. The fourth-order valence-electron chi connectivity index (χ4n) is 3.79. The van der Waals surface area contributed by atoms with Crippen molar-refractivity contribution in [3.05, 3.63) is 71.1 Å². The molecule has 3 aromatic rings. The third-order valence-corrected chi connectivity index (χ3v) is 5.68. The molecule has 1 aromatic carbocycles. The molecule has 0 saturated carbocycles. The maximum Gasteiger partial charge on any atom is 0.252 e. The SMILES string of the molecule is O=C(NCC(c1ccc(Cl)nc1)N1CCC(F)(F)CC1)c1cccc2ncccc12. The van der Waals surface area contributed by atoms with E-state index in [1.54, 1.807) is 36.7 Å². The molecule has 1 saturated heterocycles. The number of hydrogen-bond acceptors (Lipinski definition) is 4. The first kappa shape index (κ1) is 20.6.